The highest BCUT2D eigenvalue weighted by atomic mass is 127. The molecule has 0 aliphatic rings. The Morgan fingerprint density at radius 3 is 2.56 bits per heavy atom. The zero-order chi connectivity index (χ0) is 13.9. The summed E-state index contributed by atoms with van der Waals surface area (Å²) in [5.74, 6) is -2.07. The van der Waals surface area contributed by atoms with E-state index in [9.17, 15) is 22.4 Å². The molecule has 0 aliphatic heterocycles. The zero-order valence-electron chi connectivity index (χ0n) is 8.59. The van der Waals surface area contributed by atoms with Crippen LogP contribution in [0.2, 0.25) is 0 Å². The van der Waals surface area contributed by atoms with E-state index in [2.05, 4.69) is 9.72 Å². The third-order valence-electron chi connectivity index (χ3n) is 1.86. The molecule has 0 fully saturated rings. The summed E-state index contributed by atoms with van der Waals surface area (Å²) in [6.45, 7) is -1.02. The summed E-state index contributed by atoms with van der Waals surface area (Å²) in [6.07, 6.45) is -4.71. The molecule has 4 nitrogen and oxygen atoms in total. The second-order valence-electron chi connectivity index (χ2n) is 3.13. The van der Waals surface area contributed by atoms with Gasteiger partial charge in [0.1, 0.15) is 6.67 Å². The molecule has 18 heavy (non-hydrogen) atoms. The Hall–Kier alpha value is -1.13. The third kappa shape index (κ3) is 3.96. The lowest BCUT2D eigenvalue weighted by Crippen LogP contribution is -2.20. The Kier molecular flexibility index (Phi) is 4.71. The summed E-state index contributed by atoms with van der Waals surface area (Å²) < 4.78 is 52.2. The number of rotatable bonds is 4. The van der Waals surface area contributed by atoms with Crippen LogP contribution in [-0.4, -0.2) is 22.4 Å². The number of hydrogen-bond acceptors (Lipinski definition) is 3. The van der Waals surface area contributed by atoms with Gasteiger partial charge in [0.15, 0.2) is 0 Å². The largest absolute Gasteiger partial charge is 0.574 e. The van der Waals surface area contributed by atoms with Crippen molar-refractivity contribution in [2.75, 3.05) is 0 Å². The first-order valence-electron chi connectivity index (χ1n) is 4.44. The lowest BCUT2D eigenvalue weighted by Gasteiger charge is -2.13. The maximum Gasteiger partial charge on any atom is 0.574 e. The zero-order valence-corrected chi connectivity index (χ0v) is 10.7. The van der Waals surface area contributed by atoms with E-state index in [1.807, 2.05) is 0 Å². The van der Waals surface area contributed by atoms with Gasteiger partial charge in [-0.1, -0.05) is 0 Å². The minimum absolute atomic E-state index is 0.0696. The van der Waals surface area contributed by atoms with Crippen LogP contribution in [0.15, 0.2) is 6.20 Å². The summed E-state index contributed by atoms with van der Waals surface area (Å²) in [6, 6.07) is 0. The van der Waals surface area contributed by atoms with Gasteiger partial charge in [-0.3, -0.25) is 4.79 Å². The fourth-order valence-electron chi connectivity index (χ4n) is 1.18. The van der Waals surface area contributed by atoms with E-state index < -0.39 is 31.3 Å². The van der Waals surface area contributed by atoms with Crippen molar-refractivity contribution in [3.8, 4) is 5.88 Å². The molecule has 9 heteroatoms. The van der Waals surface area contributed by atoms with E-state index in [4.69, 9.17) is 5.11 Å². The van der Waals surface area contributed by atoms with Crippen LogP contribution in [0.1, 0.15) is 11.1 Å². The van der Waals surface area contributed by atoms with E-state index >= 15 is 0 Å². The van der Waals surface area contributed by atoms with Gasteiger partial charge in [-0.2, -0.15) is 0 Å². The number of pyridine rings is 1. The highest BCUT2D eigenvalue weighted by Gasteiger charge is 2.33. The van der Waals surface area contributed by atoms with Crippen molar-refractivity contribution in [2.45, 2.75) is 19.5 Å². The quantitative estimate of drug-likeness (QED) is 0.646. The lowest BCUT2D eigenvalue weighted by atomic mass is 10.1. The van der Waals surface area contributed by atoms with Crippen molar-refractivity contribution in [1.82, 2.24) is 4.98 Å². The van der Waals surface area contributed by atoms with E-state index in [-0.39, 0.29) is 14.7 Å². The van der Waals surface area contributed by atoms with Crippen molar-refractivity contribution in [2.24, 2.45) is 0 Å². The first-order chi connectivity index (χ1) is 8.24. The minimum Gasteiger partial charge on any atom is -0.481 e. The number of carbonyl (C=O) groups is 1. The van der Waals surface area contributed by atoms with Gasteiger partial charge in [-0.15, -0.1) is 13.2 Å². The molecular formula is C9H6F4INO3. The SMILES string of the molecule is O=C(O)Cc1c(CF)cnc(OC(F)(F)F)c1I. The molecule has 0 saturated heterocycles. The van der Waals surface area contributed by atoms with Gasteiger partial charge < -0.3 is 9.84 Å². The van der Waals surface area contributed by atoms with Crippen molar-refractivity contribution >= 4 is 28.6 Å². The molecule has 0 unspecified atom stereocenters. The number of carboxylic acid groups (broad SMARTS) is 1. The van der Waals surface area contributed by atoms with Crippen molar-refractivity contribution < 1.29 is 32.2 Å². The van der Waals surface area contributed by atoms with Crippen molar-refractivity contribution in [3.63, 3.8) is 0 Å². The van der Waals surface area contributed by atoms with E-state index in [1.165, 1.54) is 22.6 Å². The van der Waals surface area contributed by atoms with Crippen molar-refractivity contribution in [3.05, 3.63) is 20.9 Å². The fourth-order valence-corrected chi connectivity index (χ4v) is 1.97. The number of hydrogen-bond donors (Lipinski definition) is 1. The number of carboxylic acids is 1. The molecule has 1 heterocycles. The van der Waals surface area contributed by atoms with E-state index in [0.717, 1.165) is 6.20 Å². The molecule has 0 atom stereocenters. The average Bonchev–Trinajstić information content (AvgIpc) is 2.22. The standard InChI is InChI=1S/C9H6F4INO3/c10-2-4-3-15-8(18-9(11,12)13)7(14)5(4)1-6(16)17/h3H,1-2H2,(H,16,17). The molecule has 0 amide bonds. The average molecular weight is 379 g/mol. The fraction of sp³-hybridized carbons (Fsp3) is 0.333. The monoisotopic (exact) mass is 379 g/mol. The number of nitrogens with zero attached hydrogens (tertiary/aromatic N) is 1. The Balaban J connectivity index is 3.20. The number of alkyl halides is 4. The third-order valence-corrected chi connectivity index (χ3v) is 2.97. The molecule has 0 bridgehead atoms. The van der Waals surface area contributed by atoms with Gasteiger partial charge in [0.25, 0.3) is 0 Å². The molecule has 1 N–H and O–H groups in total. The molecule has 0 radical (unpaired) electrons. The van der Waals surface area contributed by atoms with E-state index in [1.54, 1.807) is 0 Å². The topological polar surface area (TPSA) is 59.4 Å². The summed E-state index contributed by atoms with van der Waals surface area (Å²) >= 11 is 1.45. The number of halogens is 5. The van der Waals surface area contributed by atoms with Crippen LogP contribution >= 0.6 is 22.6 Å². The van der Waals surface area contributed by atoms with E-state index in [0.29, 0.717) is 0 Å². The first-order valence-corrected chi connectivity index (χ1v) is 5.52. The number of aromatic nitrogens is 1. The maximum absolute atomic E-state index is 12.6. The predicted molar refractivity (Wildman–Crippen MR) is 59.8 cm³/mol. The molecule has 100 valence electrons. The van der Waals surface area contributed by atoms with Gasteiger partial charge in [0.05, 0.1) is 9.99 Å². The molecule has 0 spiro atoms. The maximum atomic E-state index is 12.6. The van der Waals surface area contributed by atoms with Crippen LogP contribution in [0.25, 0.3) is 0 Å². The summed E-state index contributed by atoms with van der Waals surface area (Å²) in [7, 11) is 0. The molecule has 0 aromatic carbocycles. The van der Waals surface area contributed by atoms with Gasteiger partial charge in [0.2, 0.25) is 5.88 Å². The highest BCUT2D eigenvalue weighted by Crippen LogP contribution is 2.30. The van der Waals surface area contributed by atoms with Gasteiger partial charge in [-0.05, 0) is 28.2 Å². The molecule has 1 rings (SSSR count). The molecule has 1 aromatic heterocycles. The number of aliphatic carboxylic acids is 1. The summed E-state index contributed by atoms with van der Waals surface area (Å²) in [5, 5.41) is 8.63. The van der Waals surface area contributed by atoms with Crippen LogP contribution in [0.4, 0.5) is 17.6 Å². The highest BCUT2D eigenvalue weighted by molar-refractivity contribution is 14.1. The molecule has 0 aliphatic carbocycles. The second kappa shape index (κ2) is 5.67. The Morgan fingerprint density at radius 2 is 2.11 bits per heavy atom. The minimum atomic E-state index is -4.94. The molecular weight excluding hydrogens is 373 g/mol. The lowest BCUT2D eigenvalue weighted by molar-refractivity contribution is -0.276. The van der Waals surface area contributed by atoms with Crippen LogP contribution < -0.4 is 4.74 Å². The van der Waals surface area contributed by atoms with Crippen LogP contribution in [0, 0.1) is 3.57 Å². The normalized spacial score (nSPS) is 11.4. The van der Waals surface area contributed by atoms with Crippen LogP contribution in [0.5, 0.6) is 5.88 Å². The van der Waals surface area contributed by atoms with Gasteiger partial charge in [-0.25, -0.2) is 9.37 Å². The number of ether oxygens (including phenoxy) is 1. The smallest absolute Gasteiger partial charge is 0.481 e. The Morgan fingerprint density at radius 1 is 1.50 bits per heavy atom. The first kappa shape index (κ1) is 14.9. The second-order valence-corrected chi connectivity index (χ2v) is 4.21. The molecule has 1 aromatic rings. The van der Waals surface area contributed by atoms with Gasteiger partial charge in [0, 0.05) is 11.8 Å². The van der Waals surface area contributed by atoms with Crippen LogP contribution in [-0.2, 0) is 17.9 Å². The molecule has 0 saturated carbocycles. The van der Waals surface area contributed by atoms with Crippen molar-refractivity contribution in [1.29, 1.82) is 0 Å². The predicted octanol–water partition coefficient (Wildman–Crippen LogP) is 2.68. The van der Waals surface area contributed by atoms with Crippen LogP contribution in [0.3, 0.4) is 0 Å². The summed E-state index contributed by atoms with van der Waals surface area (Å²) in [4.78, 5) is 13.9. The summed E-state index contributed by atoms with van der Waals surface area (Å²) in [5.41, 5.74) is -0.142. The Bertz CT molecular complexity index is 464. The Labute approximate surface area is 112 Å². The van der Waals surface area contributed by atoms with Gasteiger partial charge >= 0.3 is 12.3 Å².